The number of benzene rings is 2. The Kier molecular flexibility index (Phi) is 9.42. The minimum absolute atomic E-state index is 0.0972. The molecule has 3 rings (SSSR count). The molecule has 2 aromatic rings. The Morgan fingerprint density at radius 3 is 2.34 bits per heavy atom. The van der Waals surface area contributed by atoms with Crippen LogP contribution in [0.4, 0.5) is 0 Å². The second-order valence-corrected chi connectivity index (χ2v) is 8.62. The summed E-state index contributed by atoms with van der Waals surface area (Å²) in [5, 5.41) is 35.1. The Morgan fingerprint density at radius 1 is 1.06 bits per heavy atom. The van der Waals surface area contributed by atoms with Crippen LogP contribution >= 0.6 is 0 Å². The number of carbonyl (C=O) groups is 2. The number of ether oxygens (including phenoxy) is 2. The monoisotopic (exact) mass is 483 g/mol. The van der Waals surface area contributed by atoms with E-state index >= 15 is 0 Å². The molecule has 8 nitrogen and oxygen atoms in total. The van der Waals surface area contributed by atoms with Gasteiger partial charge in [0.25, 0.3) is 0 Å². The normalized spacial score (nSPS) is 21.3. The highest BCUT2D eigenvalue weighted by Crippen LogP contribution is 2.25. The summed E-state index contributed by atoms with van der Waals surface area (Å²) in [5.41, 5.74) is 2.86. The molecule has 0 unspecified atom stereocenters. The third-order valence-corrected chi connectivity index (χ3v) is 6.02. The van der Waals surface area contributed by atoms with E-state index in [2.05, 4.69) is 10.1 Å². The number of esters is 1. The molecule has 0 aromatic heterocycles. The molecule has 2 aromatic carbocycles. The van der Waals surface area contributed by atoms with Gasteiger partial charge in [-0.05, 0) is 29.2 Å². The molecule has 1 aliphatic rings. The Balaban J connectivity index is 1.74. The first-order valence-electron chi connectivity index (χ1n) is 11.8. The quantitative estimate of drug-likeness (QED) is 0.382. The number of methoxy groups -OCH3 is 1. The van der Waals surface area contributed by atoms with E-state index in [0.717, 1.165) is 36.3 Å². The predicted molar refractivity (Wildman–Crippen MR) is 130 cm³/mol. The van der Waals surface area contributed by atoms with Gasteiger partial charge in [0.05, 0.1) is 19.3 Å². The van der Waals surface area contributed by atoms with E-state index in [1.807, 2.05) is 61.5 Å². The van der Waals surface area contributed by atoms with E-state index in [-0.39, 0.29) is 24.5 Å². The van der Waals surface area contributed by atoms with Crippen molar-refractivity contribution in [3.05, 3.63) is 72.0 Å². The maximum Gasteiger partial charge on any atom is 0.373 e. The third-order valence-electron chi connectivity index (χ3n) is 6.02. The molecule has 4 N–H and O–H groups in total. The zero-order valence-corrected chi connectivity index (χ0v) is 20.0. The van der Waals surface area contributed by atoms with Gasteiger partial charge in [0, 0.05) is 12.8 Å². The van der Waals surface area contributed by atoms with Crippen molar-refractivity contribution in [2.75, 3.05) is 7.11 Å². The highest BCUT2D eigenvalue weighted by atomic mass is 16.6. The molecule has 0 radical (unpaired) electrons. The number of hydrogen-bond acceptors (Lipinski definition) is 7. The van der Waals surface area contributed by atoms with Gasteiger partial charge in [0.2, 0.25) is 11.7 Å². The van der Waals surface area contributed by atoms with Gasteiger partial charge in [0.15, 0.2) is 6.10 Å². The second-order valence-electron chi connectivity index (χ2n) is 8.62. The SMILES string of the molecule is CCCCC(=O)N[C@H]1[C@H]([C@H](O)[C@H](O)Cc2ccc(-c3ccccc3)cc2)OC(C(=O)OC)=C[C@@H]1O. The molecular formula is C27H33NO7. The number of aliphatic hydroxyl groups is 3. The predicted octanol–water partition coefficient (Wildman–Crippen LogP) is 2.11. The lowest BCUT2D eigenvalue weighted by atomic mass is 9.91. The molecule has 35 heavy (non-hydrogen) atoms. The highest BCUT2D eigenvalue weighted by Gasteiger charge is 2.43. The Bertz CT molecular complexity index is 1010. The van der Waals surface area contributed by atoms with Gasteiger partial charge in [0.1, 0.15) is 12.2 Å². The van der Waals surface area contributed by atoms with Crippen LogP contribution in [0, 0.1) is 0 Å². The first-order chi connectivity index (χ1) is 16.8. The molecule has 0 saturated carbocycles. The van der Waals surface area contributed by atoms with E-state index in [4.69, 9.17) is 4.74 Å². The van der Waals surface area contributed by atoms with Crippen molar-refractivity contribution < 1.29 is 34.4 Å². The Labute approximate surface area is 205 Å². The minimum atomic E-state index is -1.51. The minimum Gasteiger partial charge on any atom is -0.478 e. The first-order valence-corrected chi connectivity index (χ1v) is 11.8. The molecule has 0 aliphatic carbocycles. The maximum absolute atomic E-state index is 12.3. The summed E-state index contributed by atoms with van der Waals surface area (Å²) in [6.07, 6.45) is -2.44. The topological polar surface area (TPSA) is 125 Å². The van der Waals surface area contributed by atoms with Gasteiger partial charge in [-0.1, -0.05) is 67.9 Å². The average molecular weight is 484 g/mol. The number of nitrogens with one attached hydrogen (secondary N) is 1. The molecule has 0 fully saturated rings. The zero-order valence-electron chi connectivity index (χ0n) is 20.0. The fraction of sp³-hybridized carbons (Fsp3) is 0.407. The second kappa shape index (κ2) is 12.5. The number of rotatable bonds is 10. The van der Waals surface area contributed by atoms with Crippen molar-refractivity contribution in [2.45, 2.75) is 63.1 Å². The molecule has 1 aliphatic heterocycles. The van der Waals surface area contributed by atoms with Crippen molar-refractivity contribution in [3.63, 3.8) is 0 Å². The molecule has 0 saturated heterocycles. The molecule has 1 heterocycles. The van der Waals surface area contributed by atoms with Gasteiger partial charge in [-0.2, -0.15) is 0 Å². The van der Waals surface area contributed by atoms with E-state index in [0.29, 0.717) is 6.42 Å². The lowest BCUT2D eigenvalue weighted by Crippen LogP contribution is -2.60. The van der Waals surface area contributed by atoms with Gasteiger partial charge in [-0.25, -0.2) is 4.79 Å². The summed E-state index contributed by atoms with van der Waals surface area (Å²) in [6.45, 7) is 1.95. The largest absolute Gasteiger partial charge is 0.478 e. The summed E-state index contributed by atoms with van der Waals surface area (Å²) in [6, 6.07) is 16.4. The van der Waals surface area contributed by atoms with Crippen LogP contribution in [-0.4, -0.2) is 64.8 Å². The van der Waals surface area contributed by atoms with Crippen LogP contribution in [0.3, 0.4) is 0 Å². The van der Waals surface area contributed by atoms with Crippen LogP contribution in [-0.2, 0) is 25.5 Å². The summed E-state index contributed by atoms with van der Waals surface area (Å²) in [4.78, 5) is 24.3. The van der Waals surface area contributed by atoms with E-state index in [9.17, 15) is 24.9 Å². The van der Waals surface area contributed by atoms with Crippen LogP contribution in [0.25, 0.3) is 11.1 Å². The lowest BCUT2D eigenvalue weighted by molar-refractivity contribution is -0.150. The van der Waals surface area contributed by atoms with Crippen molar-refractivity contribution in [3.8, 4) is 11.1 Å². The molecule has 5 atom stereocenters. The number of aliphatic hydroxyl groups excluding tert-OH is 3. The van der Waals surface area contributed by atoms with Gasteiger partial charge in [-0.15, -0.1) is 0 Å². The highest BCUT2D eigenvalue weighted by molar-refractivity contribution is 5.86. The first kappa shape index (κ1) is 26.4. The summed E-state index contributed by atoms with van der Waals surface area (Å²) in [5.74, 6) is -1.44. The smallest absolute Gasteiger partial charge is 0.373 e. The van der Waals surface area contributed by atoms with Crippen molar-refractivity contribution in [1.82, 2.24) is 5.32 Å². The van der Waals surface area contributed by atoms with Crippen molar-refractivity contribution in [1.29, 1.82) is 0 Å². The van der Waals surface area contributed by atoms with Crippen LogP contribution in [0.1, 0.15) is 31.7 Å². The fourth-order valence-electron chi connectivity index (χ4n) is 4.02. The fourth-order valence-corrected chi connectivity index (χ4v) is 4.02. The van der Waals surface area contributed by atoms with Crippen LogP contribution in [0.15, 0.2) is 66.4 Å². The van der Waals surface area contributed by atoms with E-state index in [1.165, 1.54) is 0 Å². The summed E-state index contributed by atoms with van der Waals surface area (Å²) in [7, 11) is 1.16. The van der Waals surface area contributed by atoms with Gasteiger partial charge >= 0.3 is 5.97 Å². The van der Waals surface area contributed by atoms with Crippen LogP contribution in [0.2, 0.25) is 0 Å². The number of unbranched alkanes of at least 4 members (excludes halogenated alkanes) is 1. The standard InChI is InChI=1S/C27H33NO7/c1-3-4-10-23(31)28-24-20(29)16-22(27(33)34-2)35-26(24)25(32)21(30)15-17-11-13-19(14-12-17)18-8-6-5-7-9-18/h5-9,11-14,16,20-21,24-26,29-30,32H,3-4,10,15H2,1-2H3,(H,28,31)/t20-,21+,24+,25+,26+/m0/s1. The number of carbonyl (C=O) groups excluding carboxylic acids is 2. The summed E-state index contributed by atoms with van der Waals surface area (Å²) < 4.78 is 10.3. The molecular weight excluding hydrogens is 450 g/mol. The van der Waals surface area contributed by atoms with Crippen LogP contribution < -0.4 is 5.32 Å². The summed E-state index contributed by atoms with van der Waals surface area (Å²) >= 11 is 0. The van der Waals surface area contributed by atoms with Crippen molar-refractivity contribution >= 4 is 11.9 Å². The van der Waals surface area contributed by atoms with Gasteiger partial charge in [-0.3, -0.25) is 4.79 Å². The maximum atomic E-state index is 12.3. The molecule has 0 bridgehead atoms. The molecule has 1 amide bonds. The molecule has 0 spiro atoms. The number of hydrogen-bond donors (Lipinski definition) is 4. The zero-order chi connectivity index (χ0) is 25.4. The average Bonchev–Trinajstić information content (AvgIpc) is 2.88. The Morgan fingerprint density at radius 2 is 1.71 bits per heavy atom. The van der Waals surface area contributed by atoms with E-state index in [1.54, 1.807) is 0 Å². The third kappa shape index (κ3) is 6.91. The van der Waals surface area contributed by atoms with Crippen molar-refractivity contribution in [2.24, 2.45) is 0 Å². The molecule has 8 heteroatoms. The number of amides is 1. The Hall–Kier alpha value is -3.20. The van der Waals surface area contributed by atoms with E-state index < -0.39 is 36.4 Å². The van der Waals surface area contributed by atoms with Gasteiger partial charge < -0.3 is 30.1 Å². The lowest BCUT2D eigenvalue weighted by Gasteiger charge is -2.38. The molecule has 188 valence electrons. The van der Waals surface area contributed by atoms with Crippen LogP contribution in [0.5, 0.6) is 0 Å².